The van der Waals surface area contributed by atoms with Crippen molar-refractivity contribution in [3.05, 3.63) is 23.4 Å². The third kappa shape index (κ3) is 2.93. The normalized spacial score (nSPS) is 20.0. The van der Waals surface area contributed by atoms with Gasteiger partial charge in [-0.2, -0.15) is 0 Å². The number of nitrogens with two attached hydrogens (primary N) is 1. The first kappa shape index (κ1) is 11.4. The first-order valence-electron chi connectivity index (χ1n) is 5.70. The zero-order chi connectivity index (χ0) is 11.4. The van der Waals surface area contributed by atoms with Gasteiger partial charge in [0.2, 0.25) is 5.88 Å². The van der Waals surface area contributed by atoms with E-state index < -0.39 is 0 Å². The molecule has 0 saturated carbocycles. The Hall–Kier alpha value is -1.13. The van der Waals surface area contributed by atoms with Gasteiger partial charge >= 0.3 is 0 Å². The number of hydrogen-bond donors (Lipinski definition) is 1. The smallest absolute Gasteiger partial charge is 0.213 e. The Morgan fingerprint density at radius 2 is 2.44 bits per heavy atom. The van der Waals surface area contributed by atoms with Crippen LogP contribution in [0, 0.1) is 6.92 Å². The monoisotopic (exact) mass is 222 g/mol. The minimum atomic E-state index is 0.226. The summed E-state index contributed by atoms with van der Waals surface area (Å²) in [7, 11) is 0. The fourth-order valence-corrected chi connectivity index (χ4v) is 1.85. The molecule has 0 aliphatic carbocycles. The van der Waals surface area contributed by atoms with Gasteiger partial charge in [0.15, 0.2) is 0 Å². The molecule has 1 aromatic rings. The Morgan fingerprint density at radius 1 is 1.56 bits per heavy atom. The van der Waals surface area contributed by atoms with E-state index in [2.05, 4.69) is 4.98 Å². The van der Waals surface area contributed by atoms with Gasteiger partial charge < -0.3 is 15.2 Å². The molecule has 1 aliphatic rings. The van der Waals surface area contributed by atoms with Crippen molar-refractivity contribution < 1.29 is 9.47 Å². The van der Waals surface area contributed by atoms with Crippen LogP contribution in [0.5, 0.6) is 5.88 Å². The van der Waals surface area contributed by atoms with Crippen LogP contribution in [0.25, 0.3) is 0 Å². The van der Waals surface area contributed by atoms with Gasteiger partial charge in [-0.05, 0) is 31.4 Å². The van der Waals surface area contributed by atoms with Crippen LogP contribution < -0.4 is 10.5 Å². The van der Waals surface area contributed by atoms with E-state index in [4.69, 9.17) is 15.2 Å². The lowest BCUT2D eigenvalue weighted by molar-refractivity contribution is 0.0662. The molecular formula is C12H18N2O2. The molecule has 0 aromatic carbocycles. The highest BCUT2D eigenvalue weighted by Gasteiger charge is 2.16. The molecule has 4 heteroatoms. The van der Waals surface area contributed by atoms with Crippen molar-refractivity contribution in [2.75, 3.05) is 13.2 Å². The Kier molecular flexibility index (Phi) is 3.74. The van der Waals surface area contributed by atoms with Gasteiger partial charge in [-0.1, -0.05) is 0 Å². The summed E-state index contributed by atoms with van der Waals surface area (Å²) in [6.45, 7) is 3.89. The van der Waals surface area contributed by atoms with Gasteiger partial charge in [-0.3, -0.25) is 0 Å². The maximum Gasteiger partial charge on any atom is 0.213 e. The minimum absolute atomic E-state index is 0.226. The fourth-order valence-electron chi connectivity index (χ4n) is 1.85. The van der Waals surface area contributed by atoms with Crippen molar-refractivity contribution >= 4 is 0 Å². The molecule has 2 N–H and O–H groups in total. The third-order valence-corrected chi connectivity index (χ3v) is 2.67. The Labute approximate surface area is 95.8 Å². The fraction of sp³-hybridized carbons (Fsp3) is 0.583. The lowest BCUT2D eigenvalue weighted by Gasteiger charge is -2.11. The lowest BCUT2D eigenvalue weighted by Crippen LogP contribution is -2.17. The molecule has 1 saturated heterocycles. The molecule has 0 bridgehead atoms. The molecule has 0 radical (unpaired) electrons. The van der Waals surface area contributed by atoms with Crippen LogP contribution >= 0.6 is 0 Å². The number of nitrogens with zero attached hydrogens (tertiary/aromatic N) is 1. The summed E-state index contributed by atoms with van der Waals surface area (Å²) < 4.78 is 11.1. The Balaban J connectivity index is 1.94. The molecule has 2 heterocycles. The molecule has 1 unspecified atom stereocenters. The highest BCUT2D eigenvalue weighted by molar-refractivity contribution is 5.24. The Morgan fingerprint density at radius 3 is 3.12 bits per heavy atom. The van der Waals surface area contributed by atoms with Crippen molar-refractivity contribution in [1.29, 1.82) is 0 Å². The molecule has 0 spiro atoms. The van der Waals surface area contributed by atoms with Crippen LogP contribution in [0.1, 0.15) is 24.1 Å². The first-order valence-corrected chi connectivity index (χ1v) is 5.70. The van der Waals surface area contributed by atoms with Gasteiger partial charge in [-0.25, -0.2) is 4.98 Å². The molecule has 16 heavy (non-hydrogen) atoms. The molecule has 1 aromatic heterocycles. The SMILES string of the molecule is Cc1cc(CN)cc(OCC2CCCO2)n1. The zero-order valence-electron chi connectivity index (χ0n) is 9.61. The number of rotatable bonds is 4. The van der Waals surface area contributed by atoms with E-state index in [0.717, 1.165) is 30.7 Å². The number of aromatic nitrogens is 1. The minimum Gasteiger partial charge on any atom is -0.475 e. The summed E-state index contributed by atoms with van der Waals surface area (Å²) in [5, 5.41) is 0. The summed E-state index contributed by atoms with van der Waals surface area (Å²) in [4.78, 5) is 4.31. The molecule has 2 rings (SSSR count). The molecular weight excluding hydrogens is 204 g/mol. The second-order valence-electron chi connectivity index (χ2n) is 4.11. The number of hydrogen-bond acceptors (Lipinski definition) is 4. The van der Waals surface area contributed by atoms with E-state index >= 15 is 0 Å². The van der Waals surface area contributed by atoms with E-state index in [9.17, 15) is 0 Å². The molecule has 1 fully saturated rings. The quantitative estimate of drug-likeness (QED) is 0.836. The summed E-state index contributed by atoms with van der Waals surface area (Å²) >= 11 is 0. The second-order valence-corrected chi connectivity index (χ2v) is 4.11. The number of aryl methyl sites for hydroxylation is 1. The van der Waals surface area contributed by atoms with Crippen molar-refractivity contribution in [3.8, 4) is 5.88 Å². The summed E-state index contributed by atoms with van der Waals surface area (Å²) in [6.07, 6.45) is 2.43. The Bertz CT molecular complexity index is 349. The lowest BCUT2D eigenvalue weighted by atomic mass is 10.2. The van der Waals surface area contributed by atoms with Crippen LogP contribution in [-0.4, -0.2) is 24.3 Å². The molecule has 0 amide bonds. The van der Waals surface area contributed by atoms with E-state index in [1.54, 1.807) is 0 Å². The molecule has 1 aliphatic heterocycles. The van der Waals surface area contributed by atoms with Crippen LogP contribution in [0.2, 0.25) is 0 Å². The molecule has 88 valence electrons. The van der Waals surface area contributed by atoms with Crippen LogP contribution in [0.3, 0.4) is 0 Å². The number of ether oxygens (including phenoxy) is 2. The largest absolute Gasteiger partial charge is 0.475 e. The zero-order valence-corrected chi connectivity index (χ0v) is 9.61. The topological polar surface area (TPSA) is 57.4 Å². The van der Waals surface area contributed by atoms with Crippen molar-refractivity contribution in [2.45, 2.75) is 32.4 Å². The first-order chi connectivity index (χ1) is 7.78. The second kappa shape index (κ2) is 5.27. The maximum absolute atomic E-state index is 5.62. The van der Waals surface area contributed by atoms with Crippen molar-refractivity contribution in [3.63, 3.8) is 0 Å². The van der Waals surface area contributed by atoms with E-state index in [1.165, 1.54) is 0 Å². The molecule has 1 atom stereocenters. The highest BCUT2D eigenvalue weighted by Crippen LogP contribution is 2.16. The predicted molar refractivity (Wildman–Crippen MR) is 61.3 cm³/mol. The van der Waals surface area contributed by atoms with Gasteiger partial charge in [0.25, 0.3) is 0 Å². The average molecular weight is 222 g/mol. The highest BCUT2D eigenvalue weighted by atomic mass is 16.5. The van der Waals surface area contributed by atoms with Gasteiger partial charge in [0.05, 0.1) is 6.10 Å². The van der Waals surface area contributed by atoms with E-state index in [1.807, 2.05) is 19.1 Å². The van der Waals surface area contributed by atoms with Crippen LogP contribution in [0.4, 0.5) is 0 Å². The maximum atomic E-state index is 5.62. The van der Waals surface area contributed by atoms with Crippen LogP contribution in [-0.2, 0) is 11.3 Å². The van der Waals surface area contributed by atoms with Gasteiger partial charge in [0.1, 0.15) is 6.61 Å². The molecule has 4 nitrogen and oxygen atoms in total. The summed E-state index contributed by atoms with van der Waals surface area (Å²) in [6, 6.07) is 3.86. The van der Waals surface area contributed by atoms with Crippen LogP contribution in [0.15, 0.2) is 12.1 Å². The standard InChI is InChI=1S/C12H18N2O2/c1-9-5-10(7-13)6-12(14-9)16-8-11-3-2-4-15-11/h5-6,11H,2-4,7-8,13H2,1H3. The average Bonchev–Trinajstić information content (AvgIpc) is 2.78. The van der Waals surface area contributed by atoms with E-state index in [0.29, 0.717) is 19.0 Å². The third-order valence-electron chi connectivity index (χ3n) is 2.67. The van der Waals surface area contributed by atoms with Gasteiger partial charge in [-0.15, -0.1) is 0 Å². The van der Waals surface area contributed by atoms with Gasteiger partial charge in [0, 0.05) is 24.9 Å². The summed E-state index contributed by atoms with van der Waals surface area (Å²) in [5.74, 6) is 0.649. The summed E-state index contributed by atoms with van der Waals surface area (Å²) in [5.41, 5.74) is 7.58. The number of pyridine rings is 1. The van der Waals surface area contributed by atoms with Crippen molar-refractivity contribution in [2.24, 2.45) is 5.73 Å². The predicted octanol–water partition coefficient (Wildman–Crippen LogP) is 1.41. The van der Waals surface area contributed by atoms with E-state index in [-0.39, 0.29) is 6.10 Å². The van der Waals surface area contributed by atoms with Crippen molar-refractivity contribution in [1.82, 2.24) is 4.98 Å².